The molecule has 0 unspecified atom stereocenters. The number of nitrogens with one attached hydrogen (secondary N) is 1. The van der Waals surface area contributed by atoms with Crippen LogP contribution in [0.25, 0.3) is 22.2 Å². The Morgan fingerprint density at radius 2 is 1.76 bits per heavy atom. The van der Waals surface area contributed by atoms with E-state index in [1.807, 2.05) is 55.5 Å². The van der Waals surface area contributed by atoms with Gasteiger partial charge in [-0.1, -0.05) is 54.1 Å². The molecule has 0 atom stereocenters. The van der Waals surface area contributed by atoms with Gasteiger partial charge >= 0.3 is 0 Å². The van der Waals surface area contributed by atoms with Gasteiger partial charge in [-0.15, -0.1) is 0 Å². The fourth-order valence-electron chi connectivity index (χ4n) is 4.10. The minimum Gasteiger partial charge on any atom is -0.322 e. The second-order valence-corrected chi connectivity index (χ2v) is 10.2. The predicted octanol–water partition coefficient (Wildman–Crippen LogP) is 5.00. The molecule has 166 valence electrons. The summed E-state index contributed by atoms with van der Waals surface area (Å²) in [5.41, 5.74) is 5.14. The molecule has 0 saturated carbocycles. The van der Waals surface area contributed by atoms with E-state index in [1.54, 1.807) is 30.3 Å². The van der Waals surface area contributed by atoms with Gasteiger partial charge in [-0.3, -0.25) is 9.10 Å². The number of benzene rings is 3. The van der Waals surface area contributed by atoms with Gasteiger partial charge in [0.2, 0.25) is 10.0 Å². The third kappa shape index (κ3) is 4.19. The normalized spacial score (nSPS) is 15.0. The van der Waals surface area contributed by atoms with E-state index in [4.69, 9.17) is 4.98 Å². The fourth-order valence-corrected chi connectivity index (χ4v) is 5.66. The summed E-state index contributed by atoms with van der Waals surface area (Å²) in [4.78, 5) is 18.1. The van der Waals surface area contributed by atoms with E-state index in [0.717, 1.165) is 27.7 Å². The smallest absolute Gasteiger partial charge is 0.256 e. The fraction of sp³-hybridized carbons (Fsp3) is 0.154. The summed E-state index contributed by atoms with van der Waals surface area (Å²) in [5, 5.41) is 3.69. The SMILES string of the molecule is Cc1ccc(-c2cc(C(=O)Nc3cccc(N4CCCS4(=O)=O)c3)c3ccccc3n2)cc1. The van der Waals surface area contributed by atoms with Gasteiger partial charge < -0.3 is 5.32 Å². The molecule has 0 aliphatic carbocycles. The van der Waals surface area contributed by atoms with E-state index in [9.17, 15) is 13.2 Å². The van der Waals surface area contributed by atoms with Crippen molar-refractivity contribution in [3.8, 4) is 11.3 Å². The first-order valence-electron chi connectivity index (χ1n) is 10.8. The number of anilines is 2. The van der Waals surface area contributed by atoms with Crippen molar-refractivity contribution in [2.75, 3.05) is 21.9 Å². The lowest BCUT2D eigenvalue weighted by atomic mass is 10.0. The maximum absolute atomic E-state index is 13.4. The van der Waals surface area contributed by atoms with Crippen molar-refractivity contribution in [2.45, 2.75) is 13.3 Å². The average molecular weight is 458 g/mol. The van der Waals surface area contributed by atoms with Crippen LogP contribution in [-0.2, 0) is 10.0 Å². The molecule has 0 bridgehead atoms. The summed E-state index contributed by atoms with van der Waals surface area (Å²) in [6.07, 6.45) is 0.601. The standard InChI is InChI=1S/C26H23N3O3S/c1-18-10-12-19(13-11-18)25-17-23(22-8-2-3-9-24(22)28-25)26(30)27-20-6-4-7-21(16-20)29-14-5-15-33(29,31)32/h2-4,6-13,16-17H,5,14-15H2,1H3,(H,27,30). The van der Waals surface area contributed by atoms with Crippen LogP contribution < -0.4 is 9.62 Å². The summed E-state index contributed by atoms with van der Waals surface area (Å²) in [7, 11) is -3.29. The van der Waals surface area contributed by atoms with Gasteiger partial charge in [0, 0.05) is 23.2 Å². The summed E-state index contributed by atoms with van der Waals surface area (Å²) in [5.74, 6) is -0.127. The van der Waals surface area contributed by atoms with Gasteiger partial charge in [0.05, 0.1) is 28.2 Å². The van der Waals surface area contributed by atoms with Gasteiger partial charge in [0.25, 0.3) is 5.91 Å². The molecule has 1 aliphatic heterocycles. The number of hydrogen-bond acceptors (Lipinski definition) is 4. The zero-order valence-electron chi connectivity index (χ0n) is 18.2. The van der Waals surface area contributed by atoms with Crippen LogP contribution in [0.1, 0.15) is 22.3 Å². The maximum Gasteiger partial charge on any atom is 0.256 e. The third-order valence-electron chi connectivity index (χ3n) is 5.80. The quantitative estimate of drug-likeness (QED) is 0.468. The summed E-state index contributed by atoms with van der Waals surface area (Å²) >= 11 is 0. The van der Waals surface area contributed by atoms with Crippen molar-refractivity contribution in [3.63, 3.8) is 0 Å². The van der Waals surface area contributed by atoms with Crippen molar-refractivity contribution in [1.29, 1.82) is 0 Å². The molecular formula is C26H23N3O3S. The van der Waals surface area contributed by atoms with Crippen molar-refractivity contribution in [2.24, 2.45) is 0 Å². The Morgan fingerprint density at radius 3 is 2.52 bits per heavy atom. The largest absolute Gasteiger partial charge is 0.322 e. The van der Waals surface area contributed by atoms with E-state index >= 15 is 0 Å². The number of rotatable bonds is 4. The molecule has 0 radical (unpaired) electrons. The summed E-state index contributed by atoms with van der Waals surface area (Å²) < 4.78 is 26.0. The Kier molecular flexibility index (Phi) is 5.34. The van der Waals surface area contributed by atoms with Gasteiger partial charge in [-0.25, -0.2) is 13.4 Å². The number of aryl methyl sites for hydroxylation is 1. The summed E-state index contributed by atoms with van der Waals surface area (Å²) in [6, 6.07) is 24.3. The molecule has 1 N–H and O–H groups in total. The molecule has 1 amide bonds. The number of para-hydroxylation sites is 1. The molecule has 33 heavy (non-hydrogen) atoms. The van der Waals surface area contributed by atoms with Crippen LogP contribution in [0, 0.1) is 6.92 Å². The Bertz CT molecular complexity index is 1460. The third-order valence-corrected chi connectivity index (χ3v) is 7.67. The number of hydrogen-bond donors (Lipinski definition) is 1. The predicted molar refractivity (Wildman–Crippen MR) is 132 cm³/mol. The van der Waals surface area contributed by atoms with E-state index in [0.29, 0.717) is 29.9 Å². The summed E-state index contributed by atoms with van der Waals surface area (Å²) in [6.45, 7) is 2.48. The molecule has 4 aromatic rings. The molecule has 5 rings (SSSR count). The van der Waals surface area contributed by atoms with Gasteiger partial charge in [0.15, 0.2) is 0 Å². The number of nitrogens with zero attached hydrogens (tertiary/aromatic N) is 2. The highest BCUT2D eigenvalue weighted by molar-refractivity contribution is 7.93. The van der Waals surface area contributed by atoms with Crippen molar-refractivity contribution in [3.05, 3.63) is 90.0 Å². The van der Waals surface area contributed by atoms with Crippen LogP contribution >= 0.6 is 0 Å². The van der Waals surface area contributed by atoms with Gasteiger partial charge in [-0.05, 0) is 43.7 Å². The zero-order valence-corrected chi connectivity index (χ0v) is 19.0. The van der Waals surface area contributed by atoms with Crippen LogP contribution in [-0.4, -0.2) is 31.6 Å². The van der Waals surface area contributed by atoms with Crippen LogP contribution in [0.15, 0.2) is 78.9 Å². The second kappa shape index (κ2) is 8.33. The Labute approximate surface area is 192 Å². The Balaban J connectivity index is 1.51. The maximum atomic E-state index is 13.4. The first kappa shape index (κ1) is 21.2. The van der Waals surface area contributed by atoms with E-state index in [-0.39, 0.29) is 11.7 Å². The number of pyridine rings is 1. The second-order valence-electron chi connectivity index (χ2n) is 8.18. The highest BCUT2D eigenvalue weighted by atomic mass is 32.2. The molecule has 2 heterocycles. The number of carbonyl (C=O) groups excluding carboxylic acids is 1. The van der Waals surface area contributed by atoms with E-state index < -0.39 is 10.0 Å². The van der Waals surface area contributed by atoms with Crippen molar-refractivity contribution < 1.29 is 13.2 Å². The number of amides is 1. The first-order valence-corrected chi connectivity index (χ1v) is 12.4. The molecule has 7 heteroatoms. The van der Waals surface area contributed by atoms with E-state index in [1.165, 1.54) is 4.31 Å². The molecule has 6 nitrogen and oxygen atoms in total. The molecular weight excluding hydrogens is 434 g/mol. The van der Waals surface area contributed by atoms with Gasteiger partial charge in [-0.2, -0.15) is 0 Å². The minimum atomic E-state index is -3.29. The number of sulfonamides is 1. The highest BCUT2D eigenvalue weighted by Gasteiger charge is 2.28. The van der Waals surface area contributed by atoms with Crippen molar-refractivity contribution in [1.82, 2.24) is 4.98 Å². The monoisotopic (exact) mass is 457 g/mol. The first-order chi connectivity index (χ1) is 15.9. The molecule has 3 aromatic carbocycles. The van der Waals surface area contributed by atoms with Crippen LogP contribution in [0.2, 0.25) is 0 Å². The lowest BCUT2D eigenvalue weighted by molar-refractivity contribution is 0.102. The molecule has 1 saturated heterocycles. The Hall–Kier alpha value is -3.71. The van der Waals surface area contributed by atoms with Crippen LogP contribution in [0.4, 0.5) is 11.4 Å². The molecule has 0 spiro atoms. The van der Waals surface area contributed by atoms with Gasteiger partial charge in [0.1, 0.15) is 0 Å². The number of aromatic nitrogens is 1. The lowest BCUT2D eigenvalue weighted by Gasteiger charge is -2.18. The molecule has 1 aromatic heterocycles. The lowest BCUT2D eigenvalue weighted by Crippen LogP contribution is -2.25. The zero-order chi connectivity index (χ0) is 23.0. The minimum absolute atomic E-state index is 0.147. The Morgan fingerprint density at radius 1 is 0.970 bits per heavy atom. The highest BCUT2D eigenvalue weighted by Crippen LogP contribution is 2.28. The van der Waals surface area contributed by atoms with Crippen molar-refractivity contribution >= 4 is 38.2 Å². The topological polar surface area (TPSA) is 79.4 Å². The number of fused-ring (bicyclic) bond motifs is 1. The average Bonchev–Trinajstić information content (AvgIpc) is 3.18. The van der Waals surface area contributed by atoms with E-state index in [2.05, 4.69) is 5.32 Å². The van der Waals surface area contributed by atoms with Crippen LogP contribution in [0.3, 0.4) is 0 Å². The number of carbonyl (C=O) groups is 1. The van der Waals surface area contributed by atoms with Crippen LogP contribution in [0.5, 0.6) is 0 Å². The molecule has 1 aliphatic rings. The molecule has 1 fully saturated rings.